The van der Waals surface area contributed by atoms with Crippen LogP contribution in [0.2, 0.25) is 0 Å². The number of aromatic nitrogens is 1. The Morgan fingerprint density at radius 2 is 2.05 bits per heavy atom. The number of ether oxygens (including phenoxy) is 1. The average Bonchev–Trinajstić information content (AvgIpc) is 3.41. The van der Waals surface area contributed by atoms with Crippen molar-refractivity contribution in [2.24, 2.45) is 11.8 Å². The molecular formula is C27H38FN5O4S. The van der Waals surface area contributed by atoms with E-state index in [-0.39, 0.29) is 23.1 Å². The summed E-state index contributed by atoms with van der Waals surface area (Å²) in [5.41, 5.74) is 0.780. The van der Waals surface area contributed by atoms with Crippen molar-refractivity contribution < 1.29 is 22.3 Å². The number of amides is 1. The Bertz CT molecular complexity index is 1280. The van der Waals surface area contributed by atoms with Gasteiger partial charge >= 0.3 is 10.2 Å². The lowest BCUT2D eigenvalue weighted by atomic mass is 9.97. The molecule has 0 saturated carbocycles. The predicted octanol–water partition coefficient (Wildman–Crippen LogP) is 3.47. The van der Waals surface area contributed by atoms with Gasteiger partial charge in [0.25, 0.3) is 5.91 Å². The van der Waals surface area contributed by atoms with Crippen LogP contribution in [0.5, 0.6) is 5.75 Å². The largest absolute Gasteiger partial charge is 0.493 e. The van der Waals surface area contributed by atoms with Gasteiger partial charge in [-0.3, -0.25) is 4.79 Å². The Morgan fingerprint density at radius 3 is 2.68 bits per heavy atom. The molecule has 1 amide bonds. The third-order valence-corrected chi connectivity index (χ3v) is 7.91. The van der Waals surface area contributed by atoms with Crippen LogP contribution in [0.25, 0.3) is 11.3 Å². The summed E-state index contributed by atoms with van der Waals surface area (Å²) in [6.45, 7) is 12.6. The lowest BCUT2D eigenvalue weighted by molar-refractivity contribution is 0.0981. The fourth-order valence-corrected chi connectivity index (χ4v) is 6.24. The molecule has 0 aliphatic carbocycles. The van der Waals surface area contributed by atoms with Crippen LogP contribution >= 0.6 is 0 Å². The molecule has 1 aromatic carbocycles. The number of halogens is 1. The summed E-state index contributed by atoms with van der Waals surface area (Å²) in [6.07, 6.45) is 1.52. The van der Waals surface area contributed by atoms with Gasteiger partial charge in [-0.1, -0.05) is 20.8 Å². The number of pyridine rings is 1. The molecule has 4 rings (SSSR count). The minimum atomic E-state index is -4.08. The molecule has 2 aromatic rings. The maximum atomic E-state index is 14.5. The highest BCUT2D eigenvalue weighted by molar-refractivity contribution is 7.88. The lowest BCUT2D eigenvalue weighted by Crippen LogP contribution is -2.46. The first-order valence-corrected chi connectivity index (χ1v) is 14.6. The highest BCUT2D eigenvalue weighted by Gasteiger charge is 2.39. The molecule has 3 N–H and O–H groups in total. The second-order valence-electron chi connectivity index (χ2n) is 11.4. The van der Waals surface area contributed by atoms with Gasteiger partial charge in [-0.05, 0) is 69.3 Å². The van der Waals surface area contributed by atoms with Crippen molar-refractivity contribution in [3.63, 3.8) is 0 Å². The Balaban J connectivity index is 1.70. The fourth-order valence-electron chi connectivity index (χ4n) is 5.19. The molecule has 38 heavy (non-hydrogen) atoms. The van der Waals surface area contributed by atoms with Gasteiger partial charge in [0.2, 0.25) is 0 Å². The van der Waals surface area contributed by atoms with Gasteiger partial charge < -0.3 is 15.0 Å². The number of carbonyl (C=O) groups is 1. The molecule has 2 atom stereocenters. The zero-order valence-corrected chi connectivity index (χ0v) is 23.5. The third kappa shape index (κ3) is 6.81. The van der Waals surface area contributed by atoms with E-state index in [2.05, 4.69) is 35.5 Å². The van der Waals surface area contributed by atoms with E-state index < -0.39 is 21.9 Å². The van der Waals surface area contributed by atoms with Gasteiger partial charge in [0.15, 0.2) is 0 Å². The van der Waals surface area contributed by atoms with Crippen molar-refractivity contribution in [3.05, 3.63) is 41.7 Å². The van der Waals surface area contributed by atoms with Crippen molar-refractivity contribution in [3.8, 4) is 17.0 Å². The number of anilines is 1. The molecule has 1 aromatic heterocycles. The van der Waals surface area contributed by atoms with Gasteiger partial charge in [0.1, 0.15) is 17.4 Å². The number of benzene rings is 1. The fraction of sp³-hybridized carbons (Fsp3) is 0.556. The van der Waals surface area contributed by atoms with Gasteiger partial charge in [0.05, 0.1) is 17.9 Å². The summed E-state index contributed by atoms with van der Waals surface area (Å²) in [5.74, 6) is 0.151. The van der Waals surface area contributed by atoms with Crippen LogP contribution in [-0.2, 0) is 10.2 Å². The molecule has 11 heteroatoms. The van der Waals surface area contributed by atoms with Gasteiger partial charge in [0, 0.05) is 36.3 Å². The summed E-state index contributed by atoms with van der Waals surface area (Å²) in [5, 5.41) is 3.09. The third-order valence-electron chi connectivity index (χ3n) is 6.81. The van der Waals surface area contributed by atoms with Gasteiger partial charge in [-0.2, -0.15) is 13.1 Å². The zero-order chi connectivity index (χ0) is 27.7. The summed E-state index contributed by atoms with van der Waals surface area (Å²) < 4.78 is 50.3. The summed E-state index contributed by atoms with van der Waals surface area (Å²) in [6, 6.07) is 7.30. The standard InChI is InChI=1S/C27H38FN5O4S/c1-17(2)16-37-22-11-19(10-20(28)12-22)24-7-6-23(25(30-24)33-15-18(3)13-27(33,4)5)26(34)32-38(35,36)31-21-8-9-29-14-21/h6-7,10-12,17-18,21,29,31H,8-9,13-16H2,1-5H3,(H,32,34)/t18-,21-/m0/s1. The van der Waals surface area contributed by atoms with Crippen molar-refractivity contribution in [2.75, 3.05) is 31.1 Å². The minimum absolute atomic E-state index is 0.138. The molecule has 2 aliphatic rings. The van der Waals surface area contributed by atoms with Gasteiger partial charge in [-0.15, -0.1) is 0 Å². The molecule has 0 spiro atoms. The average molecular weight is 548 g/mol. The van der Waals surface area contributed by atoms with E-state index in [9.17, 15) is 17.6 Å². The molecule has 208 valence electrons. The quantitative estimate of drug-likeness (QED) is 0.441. The molecule has 2 fully saturated rings. The maximum Gasteiger partial charge on any atom is 0.301 e. The SMILES string of the molecule is CC(C)COc1cc(F)cc(-c2ccc(C(=O)NS(=O)(=O)N[C@H]3CCNC3)c(N3C[C@@H](C)CC3(C)C)n2)c1. The number of carbonyl (C=O) groups excluding carboxylic acids is 1. The number of nitrogens with zero attached hydrogens (tertiary/aromatic N) is 2. The highest BCUT2D eigenvalue weighted by atomic mass is 32.2. The van der Waals surface area contributed by atoms with Crippen molar-refractivity contribution in [1.82, 2.24) is 19.7 Å². The second-order valence-corrected chi connectivity index (χ2v) is 12.9. The molecule has 3 heterocycles. The monoisotopic (exact) mass is 547 g/mol. The lowest BCUT2D eigenvalue weighted by Gasteiger charge is -2.34. The van der Waals surface area contributed by atoms with Crippen molar-refractivity contribution in [2.45, 2.75) is 59.0 Å². The Kier molecular flexibility index (Phi) is 8.29. The minimum Gasteiger partial charge on any atom is -0.493 e. The maximum absolute atomic E-state index is 14.5. The van der Waals surface area contributed by atoms with E-state index >= 15 is 0 Å². The molecule has 2 aliphatic heterocycles. The Labute approximate surface area is 224 Å². The van der Waals surface area contributed by atoms with Crippen LogP contribution in [0.1, 0.15) is 57.8 Å². The number of rotatable bonds is 9. The van der Waals surface area contributed by atoms with E-state index in [1.807, 2.05) is 18.7 Å². The first-order chi connectivity index (χ1) is 17.8. The second kappa shape index (κ2) is 11.2. The Morgan fingerprint density at radius 1 is 1.29 bits per heavy atom. The number of hydrogen-bond donors (Lipinski definition) is 3. The molecule has 0 unspecified atom stereocenters. The summed E-state index contributed by atoms with van der Waals surface area (Å²) >= 11 is 0. The van der Waals surface area contributed by atoms with Crippen LogP contribution in [0.4, 0.5) is 10.2 Å². The first kappa shape index (κ1) is 28.3. The van der Waals surface area contributed by atoms with E-state index in [4.69, 9.17) is 9.72 Å². The molecule has 0 radical (unpaired) electrons. The van der Waals surface area contributed by atoms with E-state index in [1.165, 1.54) is 12.1 Å². The smallest absolute Gasteiger partial charge is 0.301 e. The summed E-state index contributed by atoms with van der Waals surface area (Å²) in [7, 11) is -4.08. The van der Waals surface area contributed by atoms with Crippen LogP contribution < -0.4 is 24.4 Å². The van der Waals surface area contributed by atoms with Crippen molar-refractivity contribution >= 4 is 21.9 Å². The Hall–Kier alpha value is -2.76. The molecule has 9 nitrogen and oxygen atoms in total. The first-order valence-electron chi connectivity index (χ1n) is 13.1. The van der Waals surface area contributed by atoms with E-state index in [1.54, 1.807) is 18.2 Å². The normalized spacial score (nSPS) is 21.2. The highest BCUT2D eigenvalue weighted by Crippen LogP contribution is 2.38. The molecule has 0 bridgehead atoms. The predicted molar refractivity (Wildman–Crippen MR) is 146 cm³/mol. The van der Waals surface area contributed by atoms with E-state index in [0.29, 0.717) is 61.4 Å². The molecular weight excluding hydrogens is 509 g/mol. The van der Waals surface area contributed by atoms with Crippen LogP contribution in [-0.4, -0.2) is 57.1 Å². The van der Waals surface area contributed by atoms with Crippen LogP contribution in [0.3, 0.4) is 0 Å². The summed E-state index contributed by atoms with van der Waals surface area (Å²) in [4.78, 5) is 20.2. The number of nitrogens with one attached hydrogen (secondary N) is 3. The van der Waals surface area contributed by atoms with E-state index in [0.717, 1.165) is 6.42 Å². The van der Waals surface area contributed by atoms with Crippen LogP contribution in [0, 0.1) is 17.7 Å². The van der Waals surface area contributed by atoms with Gasteiger partial charge in [-0.25, -0.2) is 14.1 Å². The number of hydrogen-bond acceptors (Lipinski definition) is 7. The molecule has 2 saturated heterocycles. The van der Waals surface area contributed by atoms with Crippen molar-refractivity contribution in [1.29, 1.82) is 0 Å². The zero-order valence-electron chi connectivity index (χ0n) is 22.7. The van der Waals surface area contributed by atoms with Crippen LogP contribution in [0.15, 0.2) is 30.3 Å². The topological polar surface area (TPSA) is 113 Å².